The number of anilines is 1. The van der Waals surface area contributed by atoms with E-state index in [1.54, 1.807) is 7.11 Å². The highest BCUT2D eigenvalue weighted by Crippen LogP contribution is 2.32. The average molecular weight is 565 g/mol. The molecule has 0 aromatic heterocycles. The molecule has 1 aromatic rings. The summed E-state index contributed by atoms with van der Waals surface area (Å²) in [4.78, 5) is 4.67. The number of aliphatic imine (C=N–C) groups is 1. The van der Waals surface area contributed by atoms with Crippen LogP contribution in [0.4, 0.5) is 5.69 Å². The van der Waals surface area contributed by atoms with Crippen molar-refractivity contribution >= 4 is 35.6 Å². The van der Waals surface area contributed by atoms with E-state index in [-0.39, 0.29) is 24.0 Å². The number of fused-ring (bicyclic) bond motifs is 1. The summed E-state index contributed by atoms with van der Waals surface area (Å²) < 4.78 is 27.7. The van der Waals surface area contributed by atoms with Gasteiger partial charge in [-0.15, -0.1) is 24.0 Å². The highest BCUT2D eigenvalue weighted by atomic mass is 127. The van der Waals surface area contributed by atoms with Gasteiger partial charge in [-0.1, -0.05) is 13.8 Å². The number of methoxy groups -OCH3 is 1. The van der Waals surface area contributed by atoms with E-state index in [1.807, 2.05) is 18.2 Å². The molecule has 8 nitrogen and oxygen atoms in total. The number of benzene rings is 1. The lowest BCUT2D eigenvalue weighted by molar-refractivity contribution is 0.0702. The Morgan fingerprint density at radius 1 is 1.03 bits per heavy atom. The average Bonchev–Trinajstić information content (AvgIpc) is 3.00. The molecule has 0 spiro atoms. The second-order valence-corrected chi connectivity index (χ2v) is 7.75. The minimum absolute atomic E-state index is 0. The summed E-state index contributed by atoms with van der Waals surface area (Å²) in [6.45, 7) is 10.4. The van der Waals surface area contributed by atoms with Crippen molar-refractivity contribution in [1.82, 2.24) is 5.32 Å². The first-order valence-electron chi connectivity index (χ1n) is 11.3. The third-order valence-electron chi connectivity index (χ3n) is 4.54. The fourth-order valence-electron chi connectivity index (χ4n) is 2.78. The van der Waals surface area contributed by atoms with Gasteiger partial charge in [-0.25, -0.2) is 0 Å². The predicted octanol–water partition coefficient (Wildman–Crippen LogP) is 3.94. The van der Waals surface area contributed by atoms with Crippen LogP contribution in [0.3, 0.4) is 0 Å². The van der Waals surface area contributed by atoms with Crippen LogP contribution in [0.5, 0.6) is 11.5 Å². The van der Waals surface area contributed by atoms with Gasteiger partial charge in [-0.3, -0.25) is 4.99 Å². The number of halogens is 1. The van der Waals surface area contributed by atoms with Gasteiger partial charge in [0, 0.05) is 51.6 Å². The van der Waals surface area contributed by atoms with E-state index >= 15 is 0 Å². The van der Waals surface area contributed by atoms with E-state index in [2.05, 4.69) is 29.5 Å². The lowest BCUT2D eigenvalue weighted by Crippen LogP contribution is -2.33. The molecule has 9 heteroatoms. The first-order chi connectivity index (χ1) is 15.2. The molecule has 0 amide bonds. The van der Waals surface area contributed by atoms with Gasteiger partial charge in [-0.2, -0.15) is 0 Å². The zero-order valence-electron chi connectivity index (χ0n) is 19.7. The quantitative estimate of drug-likeness (QED) is 0.153. The van der Waals surface area contributed by atoms with Crippen molar-refractivity contribution in [3.63, 3.8) is 0 Å². The fraction of sp³-hybridized carbons (Fsp3) is 0.696. The highest BCUT2D eigenvalue weighted by Gasteiger charge is 2.11. The van der Waals surface area contributed by atoms with E-state index in [9.17, 15) is 0 Å². The normalized spacial score (nSPS) is 13.4. The maximum absolute atomic E-state index is 5.79. The standard InChI is InChI=1S/C23H39N3O5.HI/c1-19(2)8-14-29-15-10-25-23(24-9-4-11-28-17-16-27-3)26-20-6-7-21-22(18-20)31-13-5-12-30-21;/h6-7,18-19H,4-5,8-17H2,1-3H3,(H2,24,25,26);1H. The third kappa shape index (κ3) is 12.7. The van der Waals surface area contributed by atoms with Crippen molar-refractivity contribution in [2.24, 2.45) is 10.9 Å². The molecule has 1 aliphatic rings. The highest BCUT2D eigenvalue weighted by molar-refractivity contribution is 14.0. The van der Waals surface area contributed by atoms with Gasteiger partial charge in [0.15, 0.2) is 17.5 Å². The lowest BCUT2D eigenvalue weighted by Gasteiger charge is -2.15. The molecule has 0 aliphatic carbocycles. The van der Waals surface area contributed by atoms with Gasteiger partial charge in [0.2, 0.25) is 0 Å². The molecule has 0 bridgehead atoms. The first kappa shape index (κ1) is 28.7. The number of guanidine groups is 1. The van der Waals surface area contributed by atoms with Crippen LogP contribution in [-0.2, 0) is 14.2 Å². The molecular weight excluding hydrogens is 525 g/mol. The van der Waals surface area contributed by atoms with Gasteiger partial charge in [0.05, 0.1) is 33.0 Å². The van der Waals surface area contributed by atoms with Gasteiger partial charge in [0.25, 0.3) is 0 Å². The number of nitrogens with zero attached hydrogens (tertiary/aromatic N) is 1. The molecular formula is C23H40IN3O5. The summed E-state index contributed by atoms with van der Waals surface area (Å²) in [7, 11) is 1.67. The number of hydrogen-bond donors (Lipinski definition) is 2. The van der Waals surface area contributed by atoms with Gasteiger partial charge < -0.3 is 34.3 Å². The van der Waals surface area contributed by atoms with Crippen LogP contribution in [0.2, 0.25) is 0 Å². The Morgan fingerprint density at radius 3 is 2.59 bits per heavy atom. The van der Waals surface area contributed by atoms with Crippen molar-refractivity contribution in [2.45, 2.75) is 33.1 Å². The van der Waals surface area contributed by atoms with E-state index in [1.165, 1.54) is 0 Å². The second-order valence-electron chi connectivity index (χ2n) is 7.75. The molecule has 0 radical (unpaired) electrons. The first-order valence-corrected chi connectivity index (χ1v) is 11.3. The largest absolute Gasteiger partial charge is 0.490 e. The van der Waals surface area contributed by atoms with Crippen LogP contribution >= 0.6 is 24.0 Å². The molecule has 2 rings (SSSR count). The van der Waals surface area contributed by atoms with E-state index in [0.29, 0.717) is 64.6 Å². The second kappa shape index (κ2) is 18.2. The maximum atomic E-state index is 5.79. The smallest absolute Gasteiger partial charge is 0.195 e. The Balaban J connectivity index is 0.00000512. The molecule has 1 heterocycles. The maximum Gasteiger partial charge on any atom is 0.195 e. The monoisotopic (exact) mass is 565 g/mol. The molecule has 0 unspecified atom stereocenters. The minimum atomic E-state index is 0. The van der Waals surface area contributed by atoms with E-state index < -0.39 is 0 Å². The Labute approximate surface area is 209 Å². The lowest BCUT2D eigenvalue weighted by atomic mass is 10.1. The molecule has 0 saturated heterocycles. The van der Waals surface area contributed by atoms with Crippen LogP contribution in [0.15, 0.2) is 23.2 Å². The van der Waals surface area contributed by atoms with E-state index in [0.717, 1.165) is 43.1 Å². The summed E-state index contributed by atoms with van der Waals surface area (Å²) in [6.07, 6.45) is 2.79. The van der Waals surface area contributed by atoms with Crippen LogP contribution in [-0.4, -0.2) is 72.4 Å². The molecule has 1 aliphatic heterocycles. The Bertz CT molecular complexity index is 646. The molecule has 32 heavy (non-hydrogen) atoms. The SMILES string of the molecule is COCCOCCCN=C(NCCOCCC(C)C)Nc1ccc2c(c1)OCCCO2.I. The summed E-state index contributed by atoms with van der Waals surface area (Å²) in [5, 5.41) is 6.70. The molecule has 1 aromatic carbocycles. The Morgan fingerprint density at radius 2 is 1.81 bits per heavy atom. The van der Waals surface area contributed by atoms with Gasteiger partial charge in [-0.05, 0) is 30.9 Å². The molecule has 184 valence electrons. The predicted molar refractivity (Wildman–Crippen MR) is 139 cm³/mol. The van der Waals surface area contributed by atoms with Crippen molar-refractivity contribution in [3.8, 4) is 11.5 Å². The molecule has 0 saturated carbocycles. The fourth-order valence-corrected chi connectivity index (χ4v) is 2.78. The summed E-state index contributed by atoms with van der Waals surface area (Å²) in [6, 6.07) is 5.85. The topological polar surface area (TPSA) is 82.6 Å². The van der Waals surface area contributed by atoms with Crippen molar-refractivity contribution in [2.75, 3.05) is 71.8 Å². The molecule has 2 N–H and O–H groups in total. The summed E-state index contributed by atoms with van der Waals surface area (Å²) in [5.41, 5.74) is 0.896. The number of nitrogens with one attached hydrogen (secondary N) is 2. The number of rotatable bonds is 14. The van der Waals surface area contributed by atoms with Crippen LogP contribution in [0.1, 0.15) is 33.1 Å². The Kier molecular flexibility index (Phi) is 16.3. The minimum Gasteiger partial charge on any atom is -0.490 e. The summed E-state index contributed by atoms with van der Waals surface area (Å²) >= 11 is 0. The molecule has 0 fully saturated rings. The van der Waals surface area contributed by atoms with Crippen LogP contribution in [0.25, 0.3) is 0 Å². The van der Waals surface area contributed by atoms with Gasteiger partial charge in [0.1, 0.15) is 0 Å². The third-order valence-corrected chi connectivity index (χ3v) is 4.54. The number of ether oxygens (including phenoxy) is 5. The zero-order valence-corrected chi connectivity index (χ0v) is 22.0. The van der Waals surface area contributed by atoms with Gasteiger partial charge >= 0.3 is 0 Å². The van der Waals surface area contributed by atoms with Crippen molar-refractivity contribution < 1.29 is 23.7 Å². The van der Waals surface area contributed by atoms with Crippen LogP contribution < -0.4 is 20.1 Å². The van der Waals surface area contributed by atoms with Crippen molar-refractivity contribution in [3.05, 3.63) is 18.2 Å². The number of hydrogen-bond acceptors (Lipinski definition) is 6. The van der Waals surface area contributed by atoms with Crippen molar-refractivity contribution in [1.29, 1.82) is 0 Å². The van der Waals surface area contributed by atoms with E-state index in [4.69, 9.17) is 23.7 Å². The summed E-state index contributed by atoms with van der Waals surface area (Å²) in [5.74, 6) is 2.89. The molecule has 0 atom stereocenters. The zero-order chi connectivity index (χ0) is 22.2. The Hall–Kier alpha value is -1.30. The van der Waals surface area contributed by atoms with Crippen LogP contribution in [0, 0.1) is 5.92 Å².